The fourth-order valence-electron chi connectivity index (χ4n) is 3.01. The molecule has 0 atom stereocenters. The van der Waals surface area contributed by atoms with Gasteiger partial charge in [0.1, 0.15) is 0 Å². The van der Waals surface area contributed by atoms with Crippen LogP contribution < -0.4 is 15.5 Å². The Hall–Kier alpha value is -3.46. The molecule has 1 saturated heterocycles. The van der Waals surface area contributed by atoms with Crippen LogP contribution in [0.2, 0.25) is 0 Å². The van der Waals surface area contributed by atoms with Crippen molar-refractivity contribution in [2.45, 2.75) is 6.54 Å². The van der Waals surface area contributed by atoms with Crippen LogP contribution >= 0.6 is 11.3 Å². The van der Waals surface area contributed by atoms with Crippen LogP contribution in [-0.4, -0.2) is 33.9 Å². The molecule has 28 heavy (non-hydrogen) atoms. The first-order chi connectivity index (χ1) is 13.5. The molecule has 1 aliphatic rings. The lowest BCUT2D eigenvalue weighted by Crippen LogP contribution is -2.32. The maximum atomic E-state index is 12.7. The number of para-hydroxylation sites is 1. The predicted octanol–water partition coefficient (Wildman–Crippen LogP) is 1.54. The number of aromatic nitrogens is 1. The zero-order valence-corrected chi connectivity index (χ0v) is 15.8. The molecule has 9 heteroatoms. The number of imide groups is 1. The van der Waals surface area contributed by atoms with Crippen LogP contribution in [0.4, 0.5) is 4.79 Å². The summed E-state index contributed by atoms with van der Waals surface area (Å²) in [7, 11) is 1.88. The molecule has 4 rings (SSSR count). The molecule has 0 aliphatic carbocycles. The van der Waals surface area contributed by atoms with E-state index in [0.29, 0.717) is 15.9 Å². The molecule has 2 heterocycles. The van der Waals surface area contributed by atoms with E-state index in [4.69, 9.17) is 0 Å². The lowest BCUT2D eigenvalue weighted by molar-refractivity contribution is -0.125. The molecule has 3 aromatic rings. The number of benzene rings is 2. The van der Waals surface area contributed by atoms with Crippen LogP contribution in [0.15, 0.2) is 53.6 Å². The zero-order valence-electron chi connectivity index (χ0n) is 15.0. The molecule has 1 aliphatic heterocycles. The molecule has 142 valence electrons. The maximum absolute atomic E-state index is 12.7. The van der Waals surface area contributed by atoms with Crippen LogP contribution in [0.3, 0.4) is 0 Å². The minimum Gasteiger partial charge on any atom is -0.329 e. The highest BCUT2D eigenvalue weighted by Gasteiger charge is 2.29. The summed E-state index contributed by atoms with van der Waals surface area (Å²) in [4.78, 5) is 38.0. The van der Waals surface area contributed by atoms with Crippen molar-refractivity contribution in [2.24, 2.45) is 12.1 Å². The summed E-state index contributed by atoms with van der Waals surface area (Å²) >= 11 is 1.47. The molecular weight excluding hydrogens is 378 g/mol. The maximum Gasteiger partial charge on any atom is 0.324 e. The van der Waals surface area contributed by atoms with Gasteiger partial charge in [0.05, 0.1) is 23.3 Å². The fourth-order valence-corrected chi connectivity index (χ4v) is 3.99. The topological polar surface area (TPSA) is 95.8 Å². The van der Waals surface area contributed by atoms with Crippen LogP contribution in [0.1, 0.15) is 15.9 Å². The monoisotopic (exact) mass is 395 g/mol. The van der Waals surface area contributed by atoms with Crippen LogP contribution in [-0.2, 0) is 18.4 Å². The second kappa shape index (κ2) is 7.28. The smallest absolute Gasteiger partial charge is 0.324 e. The molecule has 4 amide bonds. The molecule has 1 aromatic heterocycles. The quantitative estimate of drug-likeness (QED) is 0.518. The number of fused-ring (bicyclic) bond motifs is 1. The SMILES string of the molecule is Cn1/c(=N/NC(=O)c2ccccc2CN2C(=O)CNC2=O)sc2ccccc21. The van der Waals surface area contributed by atoms with Crippen molar-refractivity contribution in [3.8, 4) is 0 Å². The molecule has 2 N–H and O–H groups in total. The Kier molecular flexibility index (Phi) is 4.66. The first-order valence-electron chi connectivity index (χ1n) is 8.59. The van der Waals surface area contributed by atoms with Gasteiger partial charge >= 0.3 is 6.03 Å². The molecule has 0 saturated carbocycles. The number of carbonyl (C=O) groups excluding carboxylic acids is 3. The van der Waals surface area contributed by atoms with E-state index in [-0.39, 0.29) is 19.0 Å². The van der Waals surface area contributed by atoms with Crippen LogP contribution in [0.5, 0.6) is 0 Å². The van der Waals surface area contributed by atoms with Crippen molar-refractivity contribution >= 4 is 39.4 Å². The Bertz CT molecular complexity index is 1150. The van der Waals surface area contributed by atoms with Gasteiger partial charge in [-0.25, -0.2) is 10.2 Å². The van der Waals surface area contributed by atoms with Gasteiger partial charge < -0.3 is 9.88 Å². The van der Waals surface area contributed by atoms with Gasteiger partial charge in [-0.1, -0.05) is 41.7 Å². The first kappa shape index (κ1) is 17.9. The molecule has 0 unspecified atom stereocenters. The fraction of sp³-hybridized carbons (Fsp3) is 0.158. The van der Waals surface area contributed by atoms with E-state index in [2.05, 4.69) is 15.8 Å². The number of urea groups is 1. The highest BCUT2D eigenvalue weighted by atomic mass is 32.1. The van der Waals surface area contributed by atoms with Gasteiger partial charge in [-0.3, -0.25) is 14.5 Å². The number of nitrogens with zero attached hydrogens (tertiary/aromatic N) is 3. The third-order valence-electron chi connectivity index (χ3n) is 4.50. The van der Waals surface area contributed by atoms with E-state index in [1.165, 1.54) is 11.3 Å². The predicted molar refractivity (Wildman–Crippen MR) is 104 cm³/mol. The Labute approximate surface area is 164 Å². The normalized spacial score (nSPS) is 14.6. The standard InChI is InChI=1S/C19H17N5O3S/c1-23-14-8-4-5-9-15(14)28-19(23)22-21-17(26)13-7-3-2-6-12(13)11-24-16(25)10-20-18(24)27/h2-9H,10-11H2,1H3,(H,20,27)(H,21,26)/b22-19-. The number of rotatable bonds is 4. The summed E-state index contributed by atoms with van der Waals surface area (Å²) < 4.78 is 2.97. The molecule has 0 radical (unpaired) electrons. The average molecular weight is 395 g/mol. The van der Waals surface area contributed by atoms with E-state index in [0.717, 1.165) is 15.1 Å². The summed E-state index contributed by atoms with van der Waals surface area (Å²) in [5.74, 6) is -0.720. The third kappa shape index (κ3) is 3.27. The number of nitrogens with one attached hydrogen (secondary N) is 2. The average Bonchev–Trinajstić information content (AvgIpc) is 3.20. The third-order valence-corrected chi connectivity index (χ3v) is 5.61. The van der Waals surface area contributed by atoms with Gasteiger partial charge in [0.2, 0.25) is 10.7 Å². The summed E-state index contributed by atoms with van der Waals surface area (Å²) in [6.45, 7) is 0.00981. The molecule has 8 nitrogen and oxygen atoms in total. The van der Waals surface area contributed by atoms with Crippen LogP contribution in [0, 0.1) is 0 Å². The Morgan fingerprint density at radius 2 is 1.93 bits per heavy atom. The summed E-state index contributed by atoms with van der Waals surface area (Å²) in [5, 5.41) is 6.72. The summed E-state index contributed by atoms with van der Waals surface area (Å²) in [6, 6.07) is 14.3. The second-order valence-electron chi connectivity index (χ2n) is 6.26. The zero-order chi connectivity index (χ0) is 19.7. The van der Waals surface area contributed by atoms with Gasteiger partial charge in [0.15, 0.2) is 0 Å². The second-order valence-corrected chi connectivity index (χ2v) is 7.27. The summed E-state index contributed by atoms with van der Waals surface area (Å²) in [6.07, 6.45) is 0. The number of aryl methyl sites for hydroxylation is 1. The van der Waals surface area contributed by atoms with E-state index in [1.54, 1.807) is 24.3 Å². The molecule has 1 fully saturated rings. The summed E-state index contributed by atoms with van der Waals surface area (Å²) in [5.41, 5.74) is 4.54. The van der Waals surface area contributed by atoms with Gasteiger partial charge in [-0.05, 0) is 23.8 Å². The van der Waals surface area contributed by atoms with Crippen molar-refractivity contribution in [1.82, 2.24) is 20.2 Å². The van der Waals surface area contributed by atoms with E-state index < -0.39 is 11.9 Å². The Balaban J connectivity index is 1.59. The molecule has 2 aromatic carbocycles. The highest BCUT2D eigenvalue weighted by molar-refractivity contribution is 7.16. The van der Waals surface area contributed by atoms with Gasteiger partial charge in [-0.15, -0.1) is 5.10 Å². The first-order valence-corrected chi connectivity index (χ1v) is 9.41. The Morgan fingerprint density at radius 1 is 1.18 bits per heavy atom. The molecule has 0 spiro atoms. The number of carbonyl (C=O) groups is 3. The minimum atomic E-state index is -0.456. The van der Waals surface area contributed by atoms with E-state index >= 15 is 0 Å². The van der Waals surface area contributed by atoms with Crippen molar-refractivity contribution < 1.29 is 14.4 Å². The van der Waals surface area contributed by atoms with Crippen molar-refractivity contribution in [3.05, 3.63) is 64.5 Å². The van der Waals surface area contributed by atoms with E-state index in [1.807, 2.05) is 35.9 Å². The van der Waals surface area contributed by atoms with E-state index in [9.17, 15) is 14.4 Å². The van der Waals surface area contributed by atoms with Crippen molar-refractivity contribution in [3.63, 3.8) is 0 Å². The van der Waals surface area contributed by atoms with Gasteiger partial charge in [-0.2, -0.15) is 0 Å². The number of thiazole rings is 1. The lowest BCUT2D eigenvalue weighted by Gasteiger charge is -2.14. The van der Waals surface area contributed by atoms with Crippen LogP contribution in [0.25, 0.3) is 10.2 Å². The van der Waals surface area contributed by atoms with Crippen molar-refractivity contribution in [1.29, 1.82) is 0 Å². The lowest BCUT2D eigenvalue weighted by atomic mass is 10.1. The number of hydrogen-bond acceptors (Lipinski definition) is 5. The minimum absolute atomic E-state index is 0.0229. The highest BCUT2D eigenvalue weighted by Crippen LogP contribution is 2.16. The number of amides is 4. The van der Waals surface area contributed by atoms with Crippen molar-refractivity contribution in [2.75, 3.05) is 6.54 Å². The largest absolute Gasteiger partial charge is 0.329 e. The Morgan fingerprint density at radius 3 is 2.68 bits per heavy atom. The van der Waals surface area contributed by atoms with Gasteiger partial charge in [0, 0.05) is 12.6 Å². The van der Waals surface area contributed by atoms with Gasteiger partial charge in [0.25, 0.3) is 5.91 Å². The number of hydrogen-bond donors (Lipinski definition) is 2. The molecular formula is C19H17N5O3S. The molecule has 0 bridgehead atoms.